The molecule has 0 bridgehead atoms. The van der Waals surface area contributed by atoms with Gasteiger partial charge in [0.2, 0.25) is 6.79 Å². The highest BCUT2D eigenvalue weighted by Gasteiger charge is 2.20. The van der Waals surface area contributed by atoms with Gasteiger partial charge in [-0.25, -0.2) is 0 Å². The summed E-state index contributed by atoms with van der Waals surface area (Å²) in [6.45, 7) is 0.146. The first kappa shape index (κ1) is 20.5. The lowest BCUT2D eigenvalue weighted by atomic mass is 10.1. The number of amides is 1. The van der Waals surface area contributed by atoms with Crippen LogP contribution in [0.2, 0.25) is 0 Å². The molecule has 2 heterocycles. The zero-order valence-corrected chi connectivity index (χ0v) is 17.8. The normalized spacial score (nSPS) is 12.7. The number of rotatable bonds is 4. The van der Waals surface area contributed by atoms with E-state index in [2.05, 4.69) is 4.99 Å². The first-order valence-corrected chi connectivity index (χ1v) is 10.6. The number of hydrogen-bond acceptors (Lipinski definition) is 7. The van der Waals surface area contributed by atoms with Crippen molar-refractivity contribution in [2.75, 3.05) is 12.5 Å². The number of aromatic nitrogens is 1. The molecule has 164 valence electrons. The first-order valence-electron chi connectivity index (χ1n) is 9.81. The topological polar surface area (TPSA) is 122 Å². The molecule has 9 nitrogen and oxygen atoms in total. The molecule has 2 N–H and O–H groups in total. The number of nitro groups is 1. The highest BCUT2D eigenvalue weighted by atomic mass is 32.1. The molecule has 3 aromatic carbocycles. The summed E-state index contributed by atoms with van der Waals surface area (Å²) in [5.74, 6) is 1.15. The summed E-state index contributed by atoms with van der Waals surface area (Å²) >= 11 is 1.23. The van der Waals surface area contributed by atoms with Gasteiger partial charge in [0.1, 0.15) is 5.82 Å². The van der Waals surface area contributed by atoms with Crippen molar-refractivity contribution in [3.05, 3.63) is 93.3 Å². The Morgan fingerprint density at radius 3 is 2.48 bits per heavy atom. The number of anilines is 1. The minimum Gasteiger partial charge on any atom is -0.454 e. The van der Waals surface area contributed by atoms with E-state index in [1.165, 1.54) is 23.5 Å². The smallest absolute Gasteiger partial charge is 0.279 e. The summed E-state index contributed by atoms with van der Waals surface area (Å²) in [4.78, 5) is 28.7. The lowest BCUT2D eigenvalue weighted by molar-refractivity contribution is -0.384. The molecule has 1 aromatic heterocycles. The van der Waals surface area contributed by atoms with E-state index in [1.807, 2.05) is 18.2 Å². The van der Waals surface area contributed by atoms with Gasteiger partial charge in [0.15, 0.2) is 16.3 Å². The lowest BCUT2D eigenvalue weighted by Crippen LogP contribution is -2.17. The van der Waals surface area contributed by atoms with Crippen LogP contribution in [-0.2, 0) is 0 Å². The highest BCUT2D eigenvalue weighted by molar-refractivity contribution is 7.13. The fourth-order valence-corrected chi connectivity index (χ4v) is 4.46. The molecule has 4 aromatic rings. The molecule has 0 atom stereocenters. The zero-order chi connectivity index (χ0) is 22.9. The molecule has 10 heteroatoms. The number of fused-ring (bicyclic) bond motifs is 1. The van der Waals surface area contributed by atoms with E-state index in [0.29, 0.717) is 38.2 Å². The van der Waals surface area contributed by atoms with Gasteiger partial charge in [-0.1, -0.05) is 29.5 Å². The number of carbonyl (C=O) groups is 1. The Bertz CT molecular complexity index is 1440. The third kappa shape index (κ3) is 3.83. The molecule has 33 heavy (non-hydrogen) atoms. The van der Waals surface area contributed by atoms with Gasteiger partial charge in [0.05, 0.1) is 15.5 Å². The van der Waals surface area contributed by atoms with Crippen molar-refractivity contribution in [3.8, 4) is 27.6 Å². The number of nitrogen functional groups attached to an aromatic ring is 1. The standard InChI is InChI=1S/C23H16N4O5S/c24-21-20(15-6-11-18-19(12-15)32-13-31-18)33-23(25-22(28)14-4-2-1-3-5-14)26(21)16-7-9-17(10-8-16)27(29)30/h1-12H,13,24H2. The summed E-state index contributed by atoms with van der Waals surface area (Å²) in [5, 5.41) is 11.1. The monoisotopic (exact) mass is 460 g/mol. The average Bonchev–Trinajstić information content (AvgIpc) is 3.43. The summed E-state index contributed by atoms with van der Waals surface area (Å²) in [7, 11) is 0. The maximum Gasteiger partial charge on any atom is 0.279 e. The number of carbonyl (C=O) groups excluding carboxylic acids is 1. The Morgan fingerprint density at radius 2 is 1.76 bits per heavy atom. The van der Waals surface area contributed by atoms with Gasteiger partial charge in [0, 0.05) is 17.7 Å². The molecular weight excluding hydrogens is 444 g/mol. The minimum absolute atomic E-state index is 0.0528. The van der Waals surface area contributed by atoms with Crippen LogP contribution in [0.3, 0.4) is 0 Å². The molecule has 0 spiro atoms. The van der Waals surface area contributed by atoms with Crippen LogP contribution in [0.4, 0.5) is 11.5 Å². The van der Waals surface area contributed by atoms with Crippen molar-refractivity contribution in [3.63, 3.8) is 0 Å². The van der Waals surface area contributed by atoms with Crippen LogP contribution in [0, 0.1) is 10.1 Å². The average molecular weight is 460 g/mol. The predicted molar refractivity (Wildman–Crippen MR) is 123 cm³/mol. The third-order valence-electron chi connectivity index (χ3n) is 5.03. The summed E-state index contributed by atoms with van der Waals surface area (Å²) in [5.41, 5.74) is 8.22. The summed E-state index contributed by atoms with van der Waals surface area (Å²) < 4.78 is 12.5. The van der Waals surface area contributed by atoms with Crippen molar-refractivity contribution in [1.82, 2.24) is 4.57 Å². The first-order chi connectivity index (χ1) is 16.0. The van der Waals surface area contributed by atoms with Gasteiger partial charge in [-0.3, -0.25) is 19.5 Å². The highest BCUT2D eigenvalue weighted by Crippen LogP contribution is 2.39. The Balaban J connectivity index is 1.68. The van der Waals surface area contributed by atoms with Crippen LogP contribution in [0.5, 0.6) is 11.5 Å². The van der Waals surface area contributed by atoms with Gasteiger partial charge in [-0.15, -0.1) is 0 Å². The van der Waals surface area contributed by atoms with Gasteiger partial charge < -0.3 is 15.2 Å². The number of benzene rings is 3. The maximum atomic E-state index is 12.8. The van der Waals surface area contributed by atoms with E-state index >= 15 is 0 Å². The second-order valence-electron chi connectivity index (χ2n) is 7.06. The zero-order valence-electron chi connectivity index (χ0n) is 17.0. The molecule has 0 saturated heterocycles. The molecule has 1 aliphatic rings. The fraction of sp³-hybridized carbons (Fsp3) is 0.0435. The fourth-order valence-electron chi connectivity index (χ4n) is 3.42. The van der Waals surface area contributed by atoms with E-state index in [-0.39, 0.29) is 12.5 Å². The molecule has 0 aliphatic carbocycles. The lowest BCUT2D eigenvalue weighted by Gasteiger charge is -2.07. The van der Waals surface area contributed by atoms with Crippen LogP contribution in [0.1, 0.15) is 10.4 Å². The second-order valence-corrected chi connectivity index (χ2v) is 8.04. The van der Waals surface area contributed by atoms with E-state index in [9.17, 15) is 14.9 Å². The van der Waals surface area contributed by atoms with Crippen molar-refractivity contribution < 1.29 is 19.2 Å². The van der Waals surface area contributed by atoms with Gasteiger partial charge in [-0.2, -0.15) is 4.99 Å². The minimum atomic E-state index is -0.478. The Kier molecular flexibility index (Phi) is 5.11. The number of nitrogens with zero attached hydrogens (tertiary/aromatic N) is 3. The van der Waals surface area contributed by atoms with Crippen molar-refractivity contribution in [2.45, 2.75) is 0 Å². The molecule has 0 unspecified atom stereocenters. The van der Waals surface area contributed by atoms with Crippen molar-refractivity contribution >= 4 is 28.7 Å². The molecule has 5 rings (SSSR count). The van der Waals surface area contributed by atoms with E-state index in [4.69, 9.17) is 15.2 Å². The maximum absolute atomic E-state index is 12.8. The van der Waals surface area contributed by atoms with Gasteiger partial charge in [0.25, 0.3) is 11.6 Å². The SMILES string of the molecule is Nc1c(-c2ccc3c(c2)OCO3)sc(=NC(=O)c2ccccc2)n1-c1ccc([N+](=O)[O-])cc1. The van der Waals surface area contributed by atoms with Crippen LogP contribution in [0.15, 0.2) is 77.8 Å². The van der Waals surface area contributed by atoms with Crippen LogP contribution < -0.4 is 20.0 Å². The number of non-ortho nitro benzene ring substituents is 1. The predicted octanol–water partition coefficient (Wildman–Crippen LogP) is 4.17. The number of ether oxygens (including phenoxy) is 2. The van der Waals surface area contributed by atoms with E-state index in [0.717, 1.165) is 5.56 Å². The van der Waals surface area contributed by atoms with Crippen LogP contribution in [-0.4, -0.2) is 22.2 Å². The van der Waals surface area contributed by atoms with E-state index in [1.54, 1.807) is 47.0 Å². The molecule has 0 fully saturated rings. The molecule has 1 amide bonds. The van der Waals surface area contributed by atoms with Crippen molar-refractivity contribution in [1.29, 1.82) is 0 Å². The number of nitrogens with two attached hydrogens (primary N) is 1. The van der Waals surface area contributed by atoms with Gasteiger partial charge in [-0.05, 0) is 48.0 Å². The summed E-state index contributed by atoms with van der Waals surface area (Å²) in [6.07, 6.45) is 0. The molecule has 0 radical (unpaired) electrons. The summed E-state index contributed by atoms with van der Waals surface area (Å²) in [6, 6.07) is 20.0. The second kappa shape index (κ2) is 8.24. The quantitative estimate of drug-likeness (QED) is 0.360. The Hall–Kier alpha value is -4.44. The van der Waals surface area contributed by atoms with Gasteiger partial charge >= 0.3 is 0 Å². The molecular formula is C23H16N4O5S. The Morgan fingerprint density at radius 1 is 1.03 bits per heavy atom. The number of thiazole rings is 1. The largest absolute Gasteiger partial charge is 0.454 e. The van der Waals surface area contributed by atoms with Crippen molar-refractivity contribution in [2.24, 2.45) is 4.99 Å². The number of nitro benzene ring substituents is 1. The Labute approximate surface area is 191 Å². The molecule has 0 saturated carbocycles. The van der Waals surface area contributed by atoms with Crippen LogP contribution in [0.25, 0.3) is 16.1 Å². The number of hydrogen-bond donors (Lipinski definition) is 1. The molecule has 1 aliphatic heterocycles. The van der Waals surface area contributed by atoms with Crippen LogP contribution >= 0.6 is 11.3 Å². The van der Waals surface area contributed by atoms with E-state index < -0.39 is 10.8 Å². The third-order valence-corrected chi connectivity index (χ3v) is 6.13.